The monoisotopic (exact) mass is 880 g/mol. The predicted octanol–water partition coefficient (Wildman–Crippen LogP) is 5.54. The number of hydrogen-bond donors (Lipinski definition) is 3. The molecule has 0 bridgehead atoms. The van der Waals surface area contributed by atoms with Crippen LogP contribution in [-0.4, -0.2) is 113 Å². The lowest BCUT2D eigenvalue weighted by Gasteiger charge is -2.36. The van der Waals surface area contributed by atoms with Gasteiger partial charge in [-0.3, -0.25) is 24.1 Å². The molecule has 0 radical (unpaired) electrons. The van der Waals surface area contributed by atoms with E-state index < -0.39 is 23.7 Å². The molecule has 1 saturated heterocycles. The average molecular weight is 881 g/mol. The van der Waals surface area contributed by atoms with E-state index >= 15 is 4.39 Å². The van der Waals surface area contributed by atoms with Crippen LogP contribution in [-0.2, 0) is 27.3 Å². The van der Waals surface area contributed by atoms with Crippen molar-refractivity contribution in [3.63, 3.8) is 0 Å². The number of nitrogens with two attached hydrogens (primary N) is 1. The van der Waals surface area contributed by atoms with E-state index in [1.54, 1.807) is 47.5 Å². The lowest BCUT2D eigenvalue weighted by molar-refractivity contribution is -0.133. The lowest BCUT2D eigenvalue weighted by Crippen LogP contribution is -2.53. The minimum absolute atomic E-state index is 0.00123. The Morgan fingerprint density at radius 3 is 2.35 bits per heavy atom. The Morgan fingerprint density at radius 2 is 1.58 bits per heavy atom. The minimum Gasteiger partial charge on any atom is -0.445 e. The zero-order chi connectivity index (χ0) is 45.3. The molecule has 0 spiro atoms. The molecule has 65 heavy (non-hydrogen) atoms. The van der Waals surface area contributed by atoms with Crippen molar-refractivity contribution in [2.45, 2.75) is 31.8 Å². The number of H-pyrrole nitrogens is 1. The number of amides is 4. The highest BCUT2D eigenvalue weighted by Gasteiger charge is 2.29. The van der Waals surface area contributed by atoms with E-state index in [1.807, 2.05) is 42.5 Å². The number of carbonyl (C=O) groups excluding carboxylic acids is 4. The summed E-state index contributed by atoms with van der Waals surface area (Å²) in [4.78, 5) is 74.5. The molecule has 3 heterocycles. The molecule has 4 aromatic carbocycles. The molecule has 0 unspecified atom stereocenters. The van der Waals surface area contributed by atoms with Crippen molar-refractivity contribution in [1.82, 2.24) is 35.2 Å². The van der Waals surface area contributed by atoms with Gasteiger partial charge >= 0.3 is 6.09 Å². The first-order valence-electron chi connectivity index (χ1n) is 21.6. The van der Waals surface area contributed by atoms with Gasteiger partial charge in [-0.2, -0.15) is 5.10 Å². The first-order chi connectivity index (χ1) is 31.6. The third-order valence-electron chi connectivity index (χ3n) is 11.6. The molecule has 1 saturated carbocycles. The number of nitrogen functional groups attached to an aromatic ring is 1. The van der Waals surface area contributed by atoms with Gasteiger partial charge in [0.05, 0.1) is 35.5 Å². The fraction of sp³-hybridized carbons (Fsp3) is 0.286. The summed E-state index contributed by atoms with van der Waals surface area (Å²) in [6.45, 7) is 0.624. The molecular formula is C49H49FN8O7. The molecule has 16 heteroatoms. The molecule has 2 aliphatic rings. The van der Waals surface area contributed by atoms with Gasteiger partial charge in [-0.1, -0.05) is 78.9 Å². The van der Waals surface area contributed by atoms with Crippen molar-refractivity contribution in [3.05, 3.63) is 159 Å². The number of anilines is 1. The molecule has 0 atom stereocenters. The number of fused-ring (bicyclic) bond motifs is 1. The lowest BCUT2D eigenvalue weighted by atomic mass is 10.0. The van der Waals surface area contributed by atoms with Gasteiger partial charge in [0.25, 0.3) is 17.4 Å². The summed E-state index contributed by atoms with van der Waals surface area (Å²) >= 11 is 0. The SMILES string of the molecule is Nc1cc(-c2cccc(C3CC3)c2)cnc1C(=O)NCCOCCN(CC(=O)N1CCN(C(=O)c2cc(Cc3n[nH]c(=O)c4ccccc34)ccc2F)CC1)C(=O)OCc1ccccc1. The van der Waals surface area contributed by atoms with Gasteiger partial charge in [-0.15, -0.1) is 0 Å². The zero-order valence-corrected chi connectivity index (χ0v) is 35.7. The molecule has 1 aliphatic heterocycles. The summed E-state index contributed by atoms with van der Waals surface area (Å²) in [6, 6.07) is 30.5. The van der Waals surface area contributed by atoms with E-state index in [4.69, 9.17) is 15.2 Å². The van der Waals surface area contributed by atoms with Gasteiger partial charge in [0, 0.05) is 62.8 Å². The van der Waals surface area contributed by atoms with Crippen LogP contribution in [0.3, 0.4) is 0 Å². The number of carbonyl (C=O) groups is 4. The Balaban J connectivity index is 0.824. The molecule has 8 rings (SSSR count). The Hall–Kier alpha value is -7.46. The van der Waals surface area contributed by atoms with Crippen molar-refractivity contribution in [2.75, 3.05) is 64.8 Å². The van der Waals surface area contributed by atoms with E-state index in [0.29, 0.717) is 27.9 Å². The van der Waals surface area contributed by atoms with Crippen molar-refractivity contribution >= 4 is 40.3 Å². The number of nitrogens with one attached hydrogen (secondary N) is 2. The number of benzene rings is 4. The number of aromatic amines is 1. The predicted molar refractivity (Wildman–Crippen MR) is 241 cm³/mol. The van der Waals surface area contributed by atoms with E-state index in [-0.39, 0.29) is 100 Å². The highest BCUT2D eigenvalue weighted by Crippen LogP contribution is 2.41. The van der Waals surface area contributed by atoms with E-state index in [1.165, 1.54) is 40.3 Å². The van der Waals surface area contributed by atoms with Crippen LogP contribution in [0.5, 0.6) is 0 Å². The number of piperazine rings is 1. The van der Waals surface area contributed by atoms with Gasteiger partial charge in [-0.25, -0.2) is 19.3 Å². The van der Waals surface area contributed by atoms with Gasteiger partial charge in [0.1, 0.15) is 19.0 Å². The summed E-state index contributed by atoms with van der Waals surface area (Å²) in [7, 11) is 0. The molecule has 4 N–H and O–H groups in total. The smallest absolute Gasteiger partial charge is 0.410 e. The van der Waals surface area contributed by atoms with Crippen LogP contribution in [0.25, 0.3) is 21.9 Å². The topological polar surface area (TPSA) is 193 Å². The molecule has 2 aromatic heterocycles. The van der Waals surface area contributed by atoms with Crippen LogP contribution in [0.15, 0.2) is 114 Å². The van der Waals surface area contributed by atoms with Crippen LogP contribution < -0.4 is 16.6 Å². The Kier molecular flexibility index (Phi) is 13.8. The second-order valence-corrected chi connectivity index (χ2v) is 16.1. The van der Waals surface area contributed by atoms with Crippen LogP contribution in [0, 0.1) is 5.82 Å². The number of pyridine rings is 1. The average Bonchev–Trinajstić information content (AvgIpc) is 4.19. The summed E-state index contributed by atoms with van der Waals surface area (Å²) in [5, 5.41) is 10.6. The van der Waals surface area contributed by atoms with Gasteiger partial charge in [0.2, 0.25) is 5.91 Å². The molecular weight excluding hydrogens is 832 g/mol. The van der Waals surface area contributed by atoms with Crippen molar-refractivity contribution in [2.24, 2.45) is 0 Å². The maximum Gasteiger partial charge on any atom is 0.410 e. The highest BCUT2D eigenvalue weighted by atomic mass is 19.1. The normalized spacial score (nSPS) is 13.7. The maximum absolute atomic E-state index is 15.1. The highest BCUT2D eigenvalue weighted by molar-refractivity contribution is 5.98. The van der Waals surface area contributed by atoms with E-state index in [0.717, 1.165) is 16.7 Å². The summed E-state index contributed by atoms with van der Waals surface area (Å²) in [5.41, 5.74) is 11.3. The first kappa shape index (κ1) is 44.2. The molecule has 2 fully saturated rings. The first-order valence-corrected chi connectivity index (χ1v) is 21.6. The number of nitrogens with zero attached hydrogens (tertiary/aromatic N) is 5. The standard InChI is InChI=1S/C49H49FN8O7/c50-41-16-13-33(26-43-38-11-4-5-12-39(38)46(60)55-54-43)25-40(41)48(62)57-20-18-56(19-21-57)44(59)30-58(49(63)65-31-32-7-2-1-3-8-32)22-24-64-23-17-52-47(61)45-42(51)28-37(29-53-45)36-10-6-9-35(27-36)34-14-15-34/h1-13,16,25,27-29,34H,14-15,17-24,26,30-31,51H2,(H,52,61)(H,55,60). The molecule has 1 aliphatic carbocycles. The van der Waals surface area contributed by atoms with E-state index in [9.17, 15) is 24.0 Å². The Labute approximate surface area is 374 Å². The zero-order valence-electron chi connectivity index (χ0n) is 35.7. The number of aromatic nitrogens is 3. The number of rotatable bonds is 16. The molecule has 6 aromatic rings. The number of hydrogen-bond acceptors (Lipinski definition) is 10. The second-order valence-electron chi connectivity index (χ2n) is 16.1. The summed E-state index contributed by atoms with van der Waals surface area (Å²) < 4.78 is 26.5. The summed E-state index contributed by atoms with van der Waals surface area (Å²) in [5.74, 6) is -1.40. The number of ether oxygens (including phenoxy) is 2. The van der Waals surface area contributed by atoms with Crippen molar-refractivity contribution in [3.8, 4) is 11.1 Å². The summed E-state index contributed by atoms with van der Waals surface area (Å²) in [6.07, 6.45) is 3.57. The number of halogens is 1. The van der Waals surface area contributed by atoms with Gasteiger partial charge in [-0.05, 0) is 65.3 Å². The Bertz CT molecular complexity index is 2760. The van der Waals surface area contributed by atoms with Crippen molar-refractivity contribution in [1.29, 1.82) is 0 Å². The quantitative estimate of drug-likeness (QED) is 0.104. The van der Waals surface area contributed by atoms with Crippen LogP contribution in [0.2, 0.25) is 0 Å². The largest absolute Gasteiger partial charge is 0.445 e. The van der Waals surface area contributed by atoms with Crippen molar-refractivity contribution < 1.29 is 33.0 Å². The third-order valence-corrected chi connectivity index (χ3v) is 11.6. The Morgan fingerprint density at radius 1 is 0.831 bits per heavy atom. The molecule has 334 valence electrons. The van der Waals surface area contributed by atoms with Crippen LogP contribution in [0.1, 0.15) is 62.0 Å². The fourth-order valence-electron chi connectivity index (χ4n) is 7.80. The van der Waals surface area contributed by atoms with Crippen LogP contribution >= 0.6 is 0 Å². The van der Waals surface area contributed by atoms with Gasteiger partial charge in [0.15, 0.2) is 5.69 Å². The third kappa shape index (κ3) is 11.0. The molecule has 15 nitrogen and oxygen atoms in total. The van der Waals surface area contributed by atoms with Crippen LogP contribution in [0.4, 0.5) is 14.9 Å². The second kappa shape index (κ2) is 20.4. The maximum atomic E-state index is 15.1. The molecule has 4 amide bonds. The van der Waals surface area contributed by atoms with E-state index in [2.05, 4.69) is 32.6 Å². The van der Waals surface area contributed by atoms with Gasteiger partial charge < -0.3 is 30.3 Å². The minimum atomic E-state index is -0.711. The fourth-order valence-corrected chi connectivity index (χ4v) is 7.80.